The molecule has 0 aliphatic carbocycles. The van der Waals surface area contributed by atoms with Crippen LogP contribution < -0.4 is 4.90 Å². The smallest absolute Gasteiger partial charge is 0.0736 e. The molecule has 0 amide bonds. The van der Waals surface area contributed by atoms with Gasteiger partial charge in [0.25, 0.3) is 0 Å². The summed E-state index contributed by atoms with van der Waals surface area (Å²) in [5.41, 5.74) is 4.48. The zero-order chi connectivity index (χ0) is 9.80. The SMILES string of the molecule is CCC=C=CN1CSc2ccccc21. The summed E-state index contributed by atoms with van der Waals surface area (Å²) in [4.78, 5) is 3.59. The first-order valence-corrected chi connectivity index (χ1v) is 5.80. The van der Waals surface area contributed by atoms with Gasteiger partial charge in [-0.15, -0.1) is 17.5 Å². The van der Waals surface area contributed by atoms with Crippen molar-refractivity contribution in [1.82, 2.24) is 0 Å². The summed E-state index contributed by atoms with van der Waals surface area (Å²) in [6.45, 7) is 2.12. The van der Waals surface area contributed by atoms with E-state index in [4.69, 9.17) is 0 Å². The Morgan fingerprint density at radius 1 is 1.50 bits per heavy atom. The first kappa shape index (κ1) is 9.45. The van der Waals surface area contributed by atoms with Gasteiger partial charge in [-0.25, -0.2) is 0 Å². The Labute approximate surface area is 89.1 Å². The first-order chi connectivity index (χ1) is 6.92. The van der Waals surface area contributed by atoms with Crippen molar-refractivity contribution < 1.29 is 0 Å². The van der Waals surface area contributed by atoms with Crippen molar-refractivity contribution in [2.45, 2.75) is 18.2 Å². The second kappa shape index (κ2) is 4.41. The Morgan fingerprint density at radius 3 is 3.21 bits per heavy atom. The Morgan fingerprint density at radius 2 is 2.36 bits per heavy atom. The molecule has 2 rings (SSSR count). The van der Waals surface area contributed by atoms with E-state index in [-0.39, 0.29) is 0 Å². The second-order valence-corrected chi connectivity index (χ2v) is 4.11. The molecule has 14 heavy (non-hydrogen) atoms. The lowest BCUT2D eigenvalue weighted by molar-refractivity contribution is 1.16. The average Bonchev–Trinajstić information content (AvgIpc) is 2.63. The molecule has 0 aromatic heterocycles. The summed E-state index contributed by atoms with van der Waals surface area (Å²) < 4.78 is 0. The molecule has 1 aliphatic heterocycles. The molecule has 0 unspecified atom stereocenters. The summed E-state index contributed by atoms with van der Waals surface area (Å²) in [7, 11) is 0. The number of rotatable bonds is 2. The number of hydrogen-bond acceptors (Lipinski definition) is 2. The van der Waals surface area contributed by atoms with Crippen molar-refractivity contribution in [1.29, 1.82) is 0 Å². The van der Waals surface area contributed by atoms with Crippen LogP contribution in [-0.4, -0.2) is 5.88 Å². The van der Waals surface area contributed by atoms with E-state index in [0.29, 0.717) is 0 Å². The van der Waals surface area contributed by atoms with Gasteiger partial charge >= 0.3 is 0 Å². The van der Waals surface area contributed by atoms with Crippen molar-refractivity contribution in [3.8, 4) is 0 Å². The van der Waals surface area contributed by atoms with Crippen LogP contribution in [0.5, 0.6) is 0 Å². The van der Waals surface area contributed by atoms with E-state index in [0.717, 1.165) is 12.3 Å². The number of para-hydroxylation sites is 1. The molecule has 0 radical (unpaired) electrons. The summed E-state index contributed by atoms with van der Waals surface area (Å²) in [6, 6.07) is 8.48. The lowest BCUT2D eigenvalue weighted by Gasteiger charge is -2.10. The fraction of sp³-hybridized carbons (Fsp3) is 0.250. The van der Waals surface area contributed by atoms with Crippen LogP contribution in [0.2, 0.25) is 0 Å². The summed E-state index contributed by atoms with van der Waals surface area (Å²) in [6.07, 6.45) is 5.12. The van der Waals surface area contributed by atoms with Gasteiger partial charge in [0.15, 0.2) is 0 Å². The number of allylic oxidation sites excluding steroid dienone is 1. The minimum atomic E-state index is 1.00. The van der Waals surface area contributed by atoms with Gasteiger partial charge in [0.05, 0.1) is 11.6 Å². The van der Waals surface area contributed by atoms with Gasteiger partial charge in [-0.1, -0.05) is 19.1 Å². The maximum Gasteiger partial charge on any atom is 0.0736 e. The third-order valence-corrected chi connectivity index (χ3v) is 3.15. The maximum absolute atomic E-state index is 3.18. The van der Waals surface area contributed by atoms with Gasteiger partial charge in [-0.3, -0.25) is 0 Å². The van der Waals surface area contributed by atoms with Crippen LogP contribution in [0.1, 0.15) is 13.3 Å². The van der Waals surface area contributed by atoms with Gasteiger partial charge in [-0.05, 0) is 24.6 Å². The highest BCUT2D eigenvalue weighted by molar-refractivity contribution is 7.99. The molecule has 1 nitrogen and oxygen atoms in total. The lowest BCUT2D eigenvalue weighted by Crippen LogP contribution is -2.08. The number of benzene rings is 1. The molecular formula is C12H13NS. The summed E-state index contributed by atoms with van der Waals surface area (Å²) >= 11 is 1.87. The number of fused-ring (bicyclic) bond motifs is 1. The minimum Gasteiger partial charge on any atom is -0.330 e. The number of hydrogen-bond donors (Lipinski definition) is 0. The van der Waals surface area contributed by atoms with Crippen molar-refractivity contribution in [3.05, 3.63) is 42.3 Å². The van der Waals surface area contributed by atoms with Gasteiger partial charge < -0.3 is 4.90 Å². The lowest BCUT2D eigenvalue weighted by atomic mass is 10.3. The Balaban J connectivity index is 2.22. The highest BCUT2D eigenvalue weighted by atomic mass is 32.2. The van der Waals surface area contributed by atoms with E-state index in [1.807, 2.05) is 24.0 Å². The molecule has 72 valence electrons. The molecule has 0 spiro atoms. The van der Waals surface area contributed by atoms with Crippen LogP contribution in [0, 0.1) is 0 Å². The molecular weight excluding hydrogens is 190 g/mol. The zero-order valence-corrected chi connectivity index (χ0v) is 9.05. The molecule has 0 saturated heterocycles. The molecule has 1 aliphatic rings. The molecule has 0 atom stereocenters. The Bertz CT molecular complexity index is 378. The van der Waals surface area contributed by atoms with Gasteiger partial charge in [0.1, 0.15) is 0 Å². The van der Waals surface area contributed by atoms with E-state index >= 15 is 0 Å². The molecule has 0 N–H and O–H groups in total. The van der Waals surface area contributed by atoms with Crippen LogP contribution in [-0.2, 0) is 0 Å². The predicted molar refractivity (Wildman–Crippen MR) is 62.6 cm³/mol. The van der Waals surface area contributed by atoms with Crippen molar-refractivity contribution >= 4 is 17.4 Å². The monoisotopic (exact) mass is 203 g/mol. The first-order valence-electron chi connectivity index (χ1n) is 4.81. The normalized spacial score (nSPS) is 13.4. The summed E-state index contributed by atoms with van der Waals surface area (Å²) in [5.74, 6) is 1.00. The van der Waals surface area contributed by atoms with Crippen molar-refractivity contribution in [3.63, 3.8) is 0 Å². The number of thioether (sulfide) groups is 1. The molecule has 1 aromatic rings. The van der Waals surface area contributed by atoms with Gasteiger partial charge in [0, 0.05) is 11.1 Å². The van der Waals surface area contributed by atoms with Crippen LogP contribution in [0.4, 0.5) is 5.69 Å². The highest BCUT2D eigenvalue weighted by Gasteiger charge is 2.15. The van der Waals surface area contributed by atoms with Crippen LogP contribution in [0.25, 0.3) is 0 Å². The highest BCUT2D eigenvalue weighted by Crippen LogP contribution is 2.37. The van der Waals surface area contributed by atoms with Crippen molar-refractivity contribution in [2.75, 3.05) is 10.8 Å². The molecule has 0 saturated carbocycles. The van der Waals surface area contributed by atoms with Gasteiger partial charge in [-0.2, -0.15) is 0 Å². The minimum absolute atomic E-state index is 1.00. The van der Waals surface area contributed by atoms with Gasteiger partial charge in [0.2, 0.25) is 0 Å². The molecule has 1 aromatic carbocycles. The van der Waals surface area contributed by atoms with Crippen LogP contribution in [0.3, 0.4) is 0 Å². The fourth-order valence-corrected chi connectivity index (χ4v) is 2.39. The number of nitrogens with zero attached hydrogens (tertiary/aromatic N) is 1. The third-order valence-electron chi connectivity index (χ3n) is 2.09. The zero-order valence-electron chi connectivity index (χ0n) is 8.23. The molecule has 1 heterocycles. The van der Waals surface area contributed by atoms with E-state index in [9.17, 15) is 0 Å². The molecule has 0 fully saturated rings. The van der Waals surface area contributed by atoms with Crippen molar-refractivity contribution in [2.24, 2.45) is 0 Å². The second-order valence-electron chi connectivity index (χ2n) is 3.12. The van der Waals surface area contributed by atoms with E-state index in [1.165, 1.54) is 10.6 Å². The molecule has 2 heteroatoms. The topological polar surface area (TPSA) is 3.24 Å². The third kappa shape index (κ3) is 1.87. The van der Waals surface area contributed by atoms with Crippen LogP contribution >= 0.6 is 11.8 Å². The van der Waals surface area contributed by atoms with Crippen LogP contribution in [0.15, 0.2) is 47.2 Å². The van der Waals surface area contributed by atoms with E-state index in [2.05, 4.69) is 41.8 Å². The Kier molecular flexibility index (Phi) is 2.97. The standard InChI is InChI=1S/C12H13NS/c1-2-3-6-9-13-10-14-12-8-5-4-7-11(12)13/h3-5,7-9H,2,10H2,1H3. The average molecular weight is 203 g/mol. The quantitative estimate of drug-likeness (QED) is 0.675. The maximum atomic E-state index is 3.18. The van der Waals surface area contributed by atoms with E-state index in [1.54, 1.807) is 0 Å². The molecule has 0 bridgehead atoms. The fourth-order valence-electron chi connectivity index (χ4n) is 1.39. The Hall–Kier alpha value is -1.11. The largest absolute Gasteiger partial charge is 0.330 e. The summed E-state index contributed by atoms with van der Waals surface area (Å²) in [5, 5.41) is 0. The van der Waals surface area contributed by atoms with E-state index < -0.39 is 0 Å². The number of anilines is 1. The predicted octanol–water partition coefficient (Wildman–Crippen LogP) is 3.64.